The first kappa shape index (κ1) is 23.9. The van der Waals surface area contributed by atoms with Crippen LogP contribution in [0, 0.1) is 6.92 Å². The molecule has 0 unspecified atom stereocenters. The molecule has 11 heteroatoms. The van der Waals surface area contributed by atoms with Crippen molar-refractivity contribution in [2.24, 2.45) is 5.10 Å². The van der Waals surface area contributed by atoms with E-state index in [1.54, 1.807) is 29.2 Å². The molecule has 0 aromatic heterocycles. The van der Waals surface area contributed by atoms with Crippen molar-refractivity contribution >= 4 is 22.1 Å². The van der Waals surface area contributed by atoms with Crippen LogP contribution in [-0.2, 0) is 21.0 Å². The second kappa shape index (κ2) is 9.80. The van der Waals surface area contributed by atoms with Crippen molar-refractivity contribution in [1.82, 2.24) is 14.6 Å². The maximum absolute atomic E-state index is 13.0. The number of hydrogen-bond donors (Lipinski definition) is 1. The molecule has 1 amide bonds. The smallest absolute Gasteiger partial charge is 0.292 e. The van der Waals surface area contributed by atoms with Crippen molar-refractivity contribution in [2.45, 2.75) is 18.0 Å². The average Bonchev–Trinajstić information content (AvgIpc) is 2.74. The number of alkyl halides is 3. The number of aryl methyl sites for hydroxylation is 1. The van der Waals surface area contributed by atoms with E-state index in [0.29, 0.717) is 13.1 Å². The molecule has 1 aliphatic heterocycles. The van der Waals surface area contributed by atoms with Gasteiger partial charge in [-0.2, -0.15) is 22.6 Å². The molecule has 2 aromatic carbocycles. The van der Waals surface area contributed by atoms with Gasteiger partial charge in [0, 0.05) is 31.7 Å². The van der Waals surface area contributed by atoms with Crippen LogP contribution < -0.4 is 5.43 Å². The van der Waals surface area contributed by atoms with Gasteiger partial charge < -0.3 is 0 Å². The largest absolute Gasteiger partial charge is 0.417 e. The number of halogens is 3. The SMILES string of the molecule is Cc1ccc(S(=O)(=O)N2CCN(CC(=O)NN=Cc3ccccc3C(F)(F)F)CC2)cc1. The number of rotatable bonds is 6. The fourth-order valence-electron chi connectivity index (χ4n) is 3.27. The second-order valence-electron chi connectivity index (χ2n) is 7.37. The molecule has 7 nitrogen and oxygen atoms in total. The first-order valence-electron chi connectivity index (χ1n) is 9.84. The monoisotopic (exact) mass is 468 g/mol. The van der Waals surface area contributed by atoms with Gasteiger partial charge in [0.1, 0.15) is 0 Å². The Hall–Kier alpha value is -2.76. The third-order valence-electron chi connectivity index (χ3n) is 5.02. The molecule has 1 aliphatic rings. The van der Waals surface area contributed by atoms with Crippen LogP contribution in [0.25, 0.3) is 0 Å². The zero-order chi connectivity index (χ0) is 23.4. The molecule has 0 spiro atoms. The van der Waals surface area contributed by atoms with Gasteiger partial charge >= 0.3 is 6.18 Å². The van der Waals surface area contributed by atoms with Gasteiger partial charge in [-0.25, -0.2) is 13.8 Å². The van der Waals surface area contributed by atoms with E-state index in [2.05, 4.69) is 10.5 Å². The van der Waals surface area contributed by atoms with E-state index in [0.717, 1.165) is 17.8 Å². The Morgan fingerprint density at radius 3 is 2.31 bits per heavy atom. The quantitative estimate of drug-likeness (QED) is 0.522. The summed E-state index contributed by atoms with van der Waals surface area (Å²) in [5.74, 6) is -0.499. The molecule has 0 atom stereocenters. The van der Waals surface area contributed by atoms with E-state index in [9.17, 15) is 26.4 Å². The highest BCUT2D eigenvalue weighted by molar-refractivity contribution is 7.89. The van der Waals surface area contributed by atoms with Crippen LogP contribution in [0.5, 0.6) is 0 Å². The van der Waals surface area contributed by atoms with E-state index in [1.165, 1.54) is 22.5 Å². The number of nitrogens with zero attached hydrogens (tertiary/aromatic N) is 3. The van der Waals surface area contributed by atoms with Gasteiger partial charge in [-0.05, 0) is 25.1 Å². The summed E-state index contributed by atoms with van der Waals surface area (Å²) in [6.07, 6.45) is -3.57. The van der Waals surface area contributed by atoms with Crippen molar-refractivity contribution in [3.8, 4) is 0 Å². The Labute approximate surface area is 184 Å². The molecule has 0 radical (unpaired) electrons. The molecule has 2 aromatic rings. The molecular weight excluding hydrogens is 445 g/mol. The highest BCUT2D eigenvalue weighted by atomic mass is 32.2. The predicted molar refractivity (Wildman–Crippen MR) is 114 cm³/mol. The highest BCUT2D eigenvalue weighted by Gasteiger charge is 2.32. The molecule has 0 saturated carbocycles. The maximum atomic E-state index is 13.0. The summed E-state index contributed by atoms with van der Waals surface area (Å²) in [6.45, 7) is 2.98. The molecule has 0 bridgehead atoms. The van der Waals surface area contributed by atoms with E-state index >= 15 is 0 Å². The predicted octanol–water partition coefficient (Wildman–Crippen LogP) is 2.47. The van der Waals surface area contributed by atoms with Crippen LogP contribution in [-0.4, -0.2) is 62.5 Å². The minimum atomic E-state index is -4.52. The number of amides is 1. The van der Waals surface area contributed by atoms with Gasteiger partial charge in [0.2, 0.25) is 10.0 Å². The molecule has 0 aliphatic carbocycles. The Balaban J connectivity index is 1.51. The van der Waals surface area contributed by atoms with Gasteiger partial charge in [-0.1, -0.05) is 35.9 Å². The van der Waals surface area contributed by atoms with E-state index in [-0.39, 0.29) is 30.1 Å². The summed E-state index contributed by atoms with van der Waals surface area (Å²) in [5, 5.41) is 3.62. The van der Waals surface area contributed by atoms with Gasteiger partial charge in [-0.3, -0.25) is 9.69 Å². The van der Waals surface area contributed by atoms with Crippen LogP contribution in [0.2, 0.25) is 0 Å². The first-order chi connectivity index (χ1) is 15.1. The minimum Gasteiger partial charge on any atom is -0.292 e. The zero-order valence-corrected chi connectivity index (χ0v) is 18.2. The topological polar surface area (TPSA) is 82.1 Å². The number of piperazine rings is 1. The van der Waals surface area contributed by atoms with Crippen molar-refractivity contribution in [3.05, 3.63) is 65.2 Å². The normalized spacial score (nSPS) is 16.4. The van der Waals surface area contributed by atoms with E-state index in [4.69, 9.17) is 0 Å². The zero-order valence-electron chi connectivity index (χ0n) is 17.3. The third-order valence-corrected chi connectivity index (χ3v) is 6.93. The molecule has 1 N–H and O–H groups in total. The van der Waals surface area contributed by atoms with E-state index < -0.39 is 27.7 Å². The third kappa shape index (κ3) is 5.93. The van der Waals surface area contributed by atoms with Crippen LogP contribution >= 0.6 is 0 Å². The summed E-state index contributed by atoms with van der Waals surface area (Å²) in [5.41, 5.74) is 2.18. The lowest BCUT2D eigenvalue weighted by Crippen LogP contribution is -2.50. The summed E-state index contributed by atoms with van der Waals surface area (Å²) in [7, 11) is -3.60. The standard InChI is InChI=1S/C21H23F3N4O3S/c1-16-6-8-18(9-7-16)32(30,31)28-12-10-27(11-13-28)15-20(29)26-25-14-17-4-2-3-5-19(17)21(22,23)24/h2-9,14H,10-13,15H2,1H3,(H,26,29). The summed E-state index contributed by atoms with van der Waals surface area (Å²) in [6, 6.07) is 11.5. The summed E-state index contributed by atoms with van der Waals surface area (Å²) >= 11 is 0. The molecule has 3 rings (SSSR count). The molecular formula is C21H23F3N4O3S. The number of nitrogens with one attached hydrogen (secondary N) is 1. The lowest BCUT2D eigenvalue weighted by Gasteiger charge is -2.33. The molecule has 172 valence electrons. The number of hydrazone groups is 1. The van der Waals surface area contributed by atoms with Crippen molar-refractivity contribution in [3.63, 3.8) is 0 Å². The Bertz CT molecular complexity index is 1080. The fraction of sp³-hybridized carbons (Fsp3) is 0.333. The maximum Gasteiger partial charge on any atom is 0.417 e. The summed E-state index contributed by atoms with van der Waals surface area (Å²) in [4.78, 5) is 14.1. The average molecular weight is 469 g/mol. The van der Waals surface area contributed by atoms with Crippen LogP contribution in [0.15, 0.2) is 58.5 Å². The number of benzene rings is 2. The summed E-state index contributed by atoms with van der Waals surface area (Å²) < 4.78 is 65.8. The van der Waals surface area contributed by atoms with Crippen molar-refractivity contribution < 1.29 is 26.4 Å². The van der Waals surface area contributed by atoms with Crippen LogP contribution in [0.4, 0.5) is 13.2 Å². The number of carbonyl (C=O) groups is 1. The second-order valence-corrected chi connectivity index (χ2v) is 9.31. The van der Waals surface area contributed by atoms with Gasteiger partial charge in [0.25, 0.3) is 5.91 Å². The highest BCUT2D eigenvalue weighted by Crippen LogP contribution is 2.31. The van der Waals surface area contributed by atoms with Gasteiger partial charge in [0.05, 0.1) is 23.2 Å². The number of carbonyl (C=O) groups excluding carboxylic acids is 1. The Morgan fingerprint density at radius 2 is 1.69 bits per heavy atom. The fourth-order valence-corrected chi connectivity index (χ4v) is 4.69. The lowest BCUT2D eigenvalue weighted by molar-refractivity contribution is -0.137. The molecule has 1 fully saturated rings. The number of hydrogen-bond acceptors (Lipinski definition) is 5. The van der Waals surface area contributed by atoms with E-state index in [1.807, 2.05) is 6.92 Å². The molecule has 32 heavy (non-hydrogen) atoms. The van der Waals surface area contributed by atoms with Crippen LogP contribution in [0.1, 0.15) is 16.7 Å². The van der Waals surface area contributed by atoms with Gasteiger partial charge in [-0.15, -0.1) is 0 Å². The minimum absolute atomic E-state index is 0.0450. The molecule has 1 saturated heterocycles. The lowest BCUT2D eigenvalue weighted by atomic mass is 10.1. The Morgan fingerprint density at radius 1 is 1.06 bits per heavy atom. The Kier molecular flexibility index (Phi) is 7.32. The molecule has 1 heterocycles. The van der Waals surface area contributed by atoms with Gasteiger partial charge in [0.15, 0.2) is 0 Å². The van der Waals surface area contributed by atoms with Crippen LogP contribution in [0.3, 0.4) is 0 Å². The first-order valence-corrected chi connectivity index (χ1v) is 11.3. The number of sulfonamides is 1. The van der Waals surface area contributed by atoms with Crippen molar-refractivity contribution in [2.75, 3.05) is 32.7 Å². The van der Waals surface area contributed by atoms with Crippen molar-refractivity contribution in [1.29, 1.82) is 0 Å².